The number of hydrogen-bond donors (Lipinski definition) is 0. The minimum atomic E-state index is -2.10. The molecule has 0 aliphatic carbocycles. The van der Waals surface area contributed by atoms with Crippen molar-refractivity contribution in [3.05, 3.63) is 34.6 Å². The predicted molar refractivity (Wildman–Crippen MR) is 120 cm³/mol. The maximum atomic E-state index is 13.6. The summed E-state index contributed by atoms with van der Waals surface area (Å²) in [5, 5.41) is 0. The normalized spacial score (nSPS) is 11.8. The summed E-state index contributed by atoms with van der Waals surface area (Å²) >= 11 is 0. The molecule has 0 bridgehead atoms. The summed E-state index contributed by atoms with van der Waals surface area (Å²) in [6, 6.07) is 0. The van der Waals surface area contributed by atoms with Crippen LogP contribution in [-0.2, 0) is 16.0 Å². The molecule has 0 saturated heterocycles. The van der Waals surface area contributed by atoms with Gasteiger partial charge in [0.15, 0.2) is 23.3 Å². The summed E-state index contributed by atoms with van der Waals surface area (Å²) in [4.78, 5) is 11.6. The van der Waals surface area contributed by atoms with Crippen molar-refractivity contribution < 1.29 is 31.5 Å². The first-order valence-electron chi connectivity index (χ1n) is 12.3. The fourth-order valence-corrected chi connectivity index (χ4v) is 3.78. The zero-order valence-electron chi connectivity index (χ0n) is 20.3. The van der Waals surface area contributed by atoms with Gasteiger partial charge in [0.2, 0.25) is 5.82 Å². The van der Waals surface area contributed by atoms with Crippen molar-refractivity contribution in [2.45, 2.75) is 123 Å². The van der Waals surface area contributed by atoms with E-state index in [1.165, 1.54) is 25.7 Å². The molecule has 33 heavy (non-hydrogen) atoms. The largest absolute Gasteiger partial charge is 0.460 e. The van der Waals surface area contributed by atoms with Crippen LogP contribution in [-0.4, -0.2) is 11.6 Å². The Labute approximate surface area is 195 Å². The van der Waals surface area contributed by atoms with Crippen LogP contribution in [0.3, 0.4) is 0 Å². The number of benzene rings is 1. The number of ether oxygens (including phenoxy) is 1. The first-order valence-corrected chi connectivity index (χ1v) is 12.3. The van der Waals surface area contributed by atoms with E-state index in [0.717, 1.165) is 44.9 Å². The van der Waals surface area contributed by atoms with Gasteiger partial charge in [0.25, 0.3) is 0 Å². The van der Waals surface area contributed by atoms with Crippen LogP contribution in [0, 0.1) is 29.1 Å². The summed E-state index contributed by atoms with van der Waals surface area (Å²) in [5.74, 6) is -9.40. The molecule has 190 valence electrons. The van der Waals surface area contributed by atoms with Gasteiger partial charge in [0, 0.05) is 12.0 Å². The Balaban J connectivity index is 1.96. The lowest BCUT2D eigenvalue weighted by atomic mass is 10.0. The van der Waals surface area contributed by atoms with Crippen LogP contribution >= 0.6 is 0 Å². The molecule has 0 atom stereocenters. The average molecular weight is 479 g/mol. The first-order chi connectivity index (χ1) is 15.5. The van der Waals surface area contributed by atoms with Gasteiger partial charge >= 0.3 is 5.97 Å². The zero-order chi connectivity index (χ0) is 24.9. The van der Waals surface area contributed by atoms with E-state index in [1.54, 1.807) is 0 Å². The molecule has 2 nitrogen and oxygen atoms in total. The van der Waals surface area contributed by atoms with Gasteiger partial charge in [-0.3, -0.25) is 4.79 Å². The summed E-state index contributed by atoms with van der Waals surface area (Å²) in [6.07, 6.45) is 13.3. The molecule has 0 unspecified atom stereocenters. The number of hydrogen-bond acceptors (Lipinski definition) is 2. The second-order valence-corrected chi connectivity index (χ2v) is 9.73. The molecule has 1 rings (SSSR count). The fraction of sp³-hybridized carbons (Fsp3) is 0.731. The standard InChI is InChI=1S/C26H39F5O2/c1-26(2,3)33-20(32)18-16-14-12-10-8-6-4-5-7-9-11-13-15-17-19-21(27)23(29)25(31)24(30)22(19)28/h4-18H2,1-3H3. The lowest BCUT2D eigenvalue weighted by Crippen LogP contribution is -2.23. The molecule has 1 aromatic carbocycles. The Morgan fingerprint density at radius 2 is 0.909 bits per heavy atom. The molecular weight excluding hydrogens is 439 g/mol. The van der Waals surface area contributed by atoms with Crippen LogP contribution in [0.2, 0.25) is 0 Å². The Hall–Kier alpha value is -1.66. The highest BCUT2D eigenvalue weighted by Crippen LogP contribution is 2.24. The Bertz CT molecular complexity index is 699. The smallest absolute Gasteiger partial charge is 0.306 e. The highest BCUT2D eigenvalue weighted by atomic mass is 19.2. The number of esters is 1. The average Bonchev–Trinajstić information content (AvgIpc) is 2.74. The van der Waals surface area contributed by atoms with Crippen LogP contribution < -0.4 is 0 Å². The van der Waals surface area contributed by atoms with Crippen molar-refractivity contribution in [1.82, 2.24) is 0 Å². The van der Waals surface area contributed by atoms with Gasteiger partial charge in [-0.25, -0.2) is 22.0 Å². The maximum Gasteiger partial charge on any atom is 0.306 e. The third-order valence-corrected chi connectivity index (χ3v) is 5.53. The molecule has 0 aliphatic heterocycles. The quantitative estimate of drug-likeness (QED) is 0.0781. The minimum absolute atomic E-state index is 0.125. The van der Waals surface area contributed by atoms with E-state index >= 15 is 0 Å². The second-order valence-electron chi connectivity index (χ2n) is 9.73. The monoisotopic (exact) mass is 478 g/mol. The van der Waals surface area contributed by atoms with E-state index in [4.69, 9.17) is 4.74 Å². The van der Waals surface area contributed by atoms with Crippen LogP contribution in [0.1, 0.15) is 116 Å². The summed E-state index contributed by atoms with van der Waals surface area (Å²) in [5.41, 5.74) is -1.13. The van der Waals surface area contributed by atoms with Gasteiger partial charge < -0.3 is 4.74 Å². The van der Waals surface area contributed by atoms with Crippen molar-refractivity contribution in [2.24, 2.45) is 0 Å². The summed E-state index contributed by atoms with van der Waals surface area (Å²) < 4.78 is 71.9. The number of carbonyl (C=O) groups is 1. The SMILES string of the molecule is CC(C)(C)OC(=O)CCCCCCCCCCCCCCCc1c(F)c(F)c(F)c(F)c1F. The molecule has 0 spiro atoms. The van der Waals surface area contributed by atoms with Gasteiger partial charge in [0.1, 0.15) is 5.60 Å². The molecule has 0 heterocycles. The third kappa shape index (κ3) is 11.9. The zero-order valence-corrected chi connectivity index (χ0v) is 20.3. The first kappa shape index (κ1) is 29.4. The predicted octanol–water partition coefficient (Wildman–Crippen LogP) is 8.73. The van der Waals surface area contributed by atoms with Crippen LogP contribution in [0.4, 0.5) is 22.0 Å². The summed E-state index contributed by atoms with van der Waals surface area (Å²) in [6.45, 7) is 5.62. The Morgan fingerprint density at radius 1 is 0.576 bits per heavy atom. The number of halogens is 5. The van der Waals surface area contributed by atoms with Crippen LogP contribution in [0.25, 0.3) is 0 Å². The lowest BCUT2D eigenvalue weighted by Gasteiger charge is -2.19. The number of rotatable bonds is 16. The third-order valence-electron chi connectivity index (χ3n) is 5.53. The maximum absolute atomic E-state index is 13.6. The second kappa shape index (κ2) is 15.3. The van der Waals surface area contributed by atoms with Gasteiger partial charge in [0.05, 0.1) is 0 Å². The molecule has 1 aromatic rings. The molecule has 0 radical (unpaired) electrons. The molecule has 0 saturated carbocycles. The van der Waals surface area contributed by atoms with E-state index in [-0.39, 0.29) is 12.4 Å². The van der Waals surface area contributed by atoms with Gasteiger partial charge in [-0.05, 0) is 40.0 Å². The van der Waals surface area contributed by atoms with Gasteiger partial charge in [-0.15, -0.1) is 0 Å². The lowest BCUT2D eigenvalue weighted by molar-refractivity contribution is -0.154. The van der Waals surface area contributed by atoms with E-state index in [0.29, 0.717) is 19.3 Å². The molecule has 0 fully saturated rings. The van der Waals surface area contributed by atoms with Crippen molar-refractivity contribution in [3.8, 4) is 0 Å². The van der Waals surface area contributed by atoms with Crippen molar-refractivity contribution >= 4 is 5.97 Å². The van der Waals surface area contributed by atoms with Crippen molar-refractivity contribution in [1.29, 1.82) is 0 Å². The molecule has 0 aromatic heterocycles. The van der Waals surface area contributed by atoms with Crippen LogP contribution in [0.5, 0.6) is 0 Å². The number of carbonyl (C=O) groups excluding carboxylic acids is 1. The van der Waals surface area contributed by atoms with Crippen molar-refractivity contribution in [3.63, 3.8) is 0 Å². The van der Waals surface area contributed by atoms with Gasteiger partial charge in [-0.1, -0.05) is 70.6 Å². The molecular formula is C26H39F5O2. The molecule has 7 heteroatoms. The summed E-state index contributed by atoms with van der Waals surface area (Å²) in [7, 11) is 0. The Kier molecular flexibility index (Phi) is 13.6. The Morgan fingerprint density at radius 3 is 1.30 bits per heavy atom. The van der Waals surface area contributed by atoms with Crippen LogP contribution in [0.15, 0.2) is 0 Å². The van der Waals surface area contributed by atoms with Crippen molar-refractivity contribution in [2.75, 3.05) is 0 Å². The highest BCUT2D eigenvalue weighted by molar-refractivity contribution is 5.69. The minimum Gasteiger partial charge on any atom is -0.460 e. The van der Waals surface area contributed by atoms with E-state index < -0.39 is 40.3 Å². The molecule has 0 amide bonds. The van der Waals surface area contributed by atoms with Gasteiger partial charge in [-0.2, -0.15) is 0 Å². The topological polar surface area (TPSA) is 26.3 Å². The number of unbranched alkanes of at least 4 members (excludes halogenated alkanes) is 12. The van der Waals surface area contributed by atoms with E-state index in [9.17, 15) is 26.7 Å². The highest BCUT2D eigenvalue weighted by Gasteiger charge is 2.25. The van der Waals surface area contributed by atoms with E-state index in [1.807, 2.05) is 20.8 Å². The molecule has 0 aliphatic rings. The fourth-order valence-electron chi connectivity index (χ4n) is 3.78. The van der Waals surface area contributed by atoms with E-state index in [2.05, 4.69) is 0 Å². The molecule has 0 N–H and O–H groups in total.